The van der Waals surface area contributed by atoms with Crippen molar-refractivity contribution >= 4 is 10.6 Å². The second-order valence-corrected chi connectivity index (χ2v) is 6.75. The molecule has 1 rings (SSSR count). The molecule has 0 bridgehead atoms. The maximum atomic E-state index is 9.42. The Kier molecular flexibility index (Phi) is 2.95. The summed E-state index contributed by atoms with van der Waals surface area (Å²) in [5.74, 6) is 0. The van der Waals surface area contributed by atoms with E-state index >= 15 is 0 Å². The summed E-state index contributed by atoms with van der Waals surface area (Å²) in [5, 5.41) is 0. The average Bonchev–Trinajstić information content (AvgIpc) is 2.01. The van der Waals surface area contributed by atoms with Gasteiger partial charge in [-0.3, -0.25) is 9.11 Å². The average molecular weight is 214 g/mol. The first-order chi connectivity index (χ1) is 6.21. The first kappa shape index (κ1) is 11.6. The lowest BCUT2D eigenvalue weighted by atomic mass is 9.87. The Bertz CT molecular complexity index is 271. The van der Waals surface area contributed by atoms with Gasteiger partial charge in [-0.2, -0.15) is 10.6 Å². The van der Waals surface area contributed by atoms with Crippen LogP contribution < -0.4 is 0 Å². The van der Waals surface area contributed by atoms with Crippen molar-refractivity contribution in [3.05, 3.63) is 29.8 Å². The zero-order valence-electron chi connectivity index (χ0n) is 9.11. The summed E-state index contributed by atoms with van der Waals surface area (Å²) in [7, 11) is -2.57. The van der Waals surface area contributed by atoms with Crippen LogP contribution in [0.15, 0.2) is 29.2 Å². The van der Waals surface area contributed by atoms with Crippen molar-refractivity contribution in [2.75, 3.05) is 6.26 Å². The van der Waals surface area contributed by atoms with Crippen LogP contribution in [0, 0.1) is 0 Å². The predicted molar refractivity (Wildman–Crippen MR) is 62.2 cm³/mol. The molecule has 0 amide bonds. The van der Waals surface area contributed by atoms with Gasteiger partial charge in [0, 0.05) is 6.26 Å². The monoisotopic (exact) mass is 214 g/mol. The van der Waals surface area contributed by atoms with Gasteiger partial charge >= 0.3 is 0 Å². The summed E-state index contributed by atoms with van der Waals surface area (Å²) >= 11 is 0. The minimum absolute atomic E-state index is 0.106. The van der Waals surface area contributed by atoms with E-state index in [0.717, 1.165) is 0 Å². The molecule has 0 heterocycles. The fourth-order valence-electron chi connectivity index (χ4n) is 1.21. The Balaban J connectivity index is 3.02. The molecule has 0 saturated heterocycles. The third-order valence-electron chi connectivity index (χ3n) is 2.17. The molecule has 0 unspecified atom stereocenters. The van der Waals surface area contributed by atoms with Crippen LogP contribution in [0.5, 0.6) is 0 Å². The minimum Gasteiger partial charge on any atom is -0.295 e. The maximum absolute atomic E-state index is 9.42. The van der Waals surface area contributed by atoms with Crippen molar-refractivity contribution in [3.63, 3.8) is 0 Å². The zero-order chi connectivity index (χ0) is 11.0. The SMILES string of the molecule is CC(C)(C)c1ccc(S(C)(O)O)cc1. The second kappa shape index (κ2) is 3.57. The van der Waals surface area contributed by atoms with Gasteiger partial charge in [0.15, 0.2) is 0 Å². The van der Waals surface area contributed by atoms with Gasteiger partial charge < -0.3 is 0 Å². The van der Waals surface area contributed by atoms with Crippen LogP contribution in [0.3, 0.4) is 0 Å². The van der Waals surface area contributed by atoms with Gasteiger partial charge in [0.1, 0.15) is 0 Å². The van der Waals surface area contributed by atoms with E-state index in [1.165, 1.54) is 11.8 Å². The molecule has 0 spiro atoms. The van der Waals surface area contributed by atoms with Gasteiger partial charge in [0.05, 0.1) is 4.90 Å². The molecule has 14 heavy (non-hydrogen) atoms. The van der Waals surface area contributed by atoms with Crippen LogP contribution in [-0.2, 0) is 5.41 Å². The van der Waals surface area contributed by atoms with Gasteiger partial charge in [0.25, 0.3) is 0 Å². The summed E-state index contributed by atoms with van der Waals surface area (Å²) in [6.07, 6.45) is 1.44. The summed E-state index contributed by atoms with van der Waals surface area (Å²) in [6, 6.07) is 7.48. The number of rotatable bonds is 1. The van der Waals surface area contributed by atoms with Crippen molar-refractivity contribution < 1.29 is 9.11 Å². The van der Waals surface area contributed by atoms with Crippen molar-refractivity contribution in [2.24, 2.45) is 0 Å². The van der Waals surface area contributed by atoms with E-state index in [2.05, 4.69) is 20.8 Å². The molecule has 0 aromatic heterocycles. The molecule has 1 aromatic rings. The lowest BCUT2D eigenvalue weighted by molar-refractivity contribution is 0.494. The highest BCUT2D eigenvalue weighted by Crippen LogP contribution is 2.44. The van der Waals surface area contributed by atoms with Crippen molar-refractivity contribution in [1.82, 2.24) is 0 Å². The van der Waals surface area contributed by atoms with Crippen molar-refractivity contribution in [3.8, 4) is 0 Å². The van der Waals surface area contributed by atoms with Crippen molar-refractivity contribution in [1.29, 1.82) is 0 Å². The molecule has 0 radical (unpaired) electrons. The molecular weight excluding hydrogens is 196 g/mol. The first-order valence-electron chi connectivity index (χ1n) is 4.55. The van der Waals surface area contributed by atoms with Gasteiger partial charge in [-0.25, -0.2) is 0 Å². The summed E-state index contributed by atoms with van der Waals surface area (Å²) in [4.78, 5) is 0.602. The van der Waals surface area contributed by atoms with E-state index in [1.54, 1.807) is 12.1 Å². The van der Waals surface area contributed by atoms with Gasteiger partial charge in [-0.05, 0) is 23.1 Å². The molecule has 0 atom stereocenters. The van der Waals surface area contributed by atoms with Crippen LogP contribution in [0.25, 0.3) is 0 Å². The molecule has 80 valence electrons. The lowest BCUT2D eigenvalue weighted by Crippen LogP contribution is -2.10. The Morgan fingerprint density at radius 2 is 1.43 bits per heavy atom. The standard InChI is InChI=1S/C11H18O2S/c1-11(2,3)9-5-7-10(8-6-9)14(4,12)13/h5-8,12-13H,1-4H3. The number of hydrogen-bond donors (Lipinski definition) is 2. The molecule has 2 N–H and O–H groups in total. The molecule has 0 aliphatic carbocycles. The fraction of sp³-hybridized carbons (Fsp3) is 0.455. The fourth-order valence-corrected chi connectivity index (χ4v) is 1.86. The topological polar surface area (TPSA) is 40.5 Å². The number of hydrogen-bond acceptors (Lipinski definition) is 2. The van der Waals surface area contributed by atoms with Crippen LogP contribution in [0.4, 0.5) is 0 Å². The Morgan fingerprint density at radius 3 is 1.71 bits per heavy atom. The van der Waals surface area contributed by atoms with E-state index in [0.29, 0.717) is 4.90 Å². The molecular formula is C11H18O2S. The van der Waals surface area contributed by atoms with E-state index in [-0.39, 0.29) is 5.41 Å². The van der Waals surface area contributed by atoms with Crippen LogP contribution in [0.1, 0.15) is 26.3 Å². The van der Waals surface area contributed by atoms with Crippen LogP contribution in [-0.4, -0.2) is 15.4 Å². The van der Waals surface area contributed by atoms with Crippen LogP contribution in [0.2, 0.25) is 0 Å². The summed E-state index contributed by atoms with van der Waals surface area (Å²) in [5.41, 5.74) is 1.31. The lowest BCUT2D eigenvalue weighted by Gasteiger charge is -2.28. The molecule has 0 fully saturated rings. The predicted octanol–water partition coefficient (Wildman–Crippen LogP) is 3.72. The maximum Gasteiger partial charge on any atom is 0.0580 e. The van der Waals surface area contributed by atoms with Crippen molar-refractivity contribution in [2.45, 2.75) is 31.1 Å². The molecule has 1 aromatic carbocycles. The highest BCUT2D eigenvalue weighted by atomic mass is 32.3. The van der Waals surface area contributed by atoms with Gasteiger partial charge in [-0.1, -0.05) is 32.9 Å². The van der Waals surface area contributed by atoms with E-state index in [1.807, 2.05) is 12.1 Å². The normalized spacial score (nSPS) is 14.1. The third kappa shape index (κ3) is 2.74. The Labute approximate surface area is 87.3 Å². The molecule has 2 nitrogen and oxygen atoms in total. The third-order valence-corrected chi connectivity index (χ3v) is 3.33. The zero-order valence-corrected chi connectivity index (χ0v) is 9.93. The first-order valence-corrected chi connectivity index (χ1v) is 6.50. The molecule has 0 aliphatic rings. The van der Waals surface area contributed by atoms with E-state index in [9.17, 15) is 9.11 Å². The summed E-state index contributed by atoms with van der Waals surface area (Å²) < 4.78 is 18.8. The molecule has 0 aliphatic heterocycles. The summed E-state index contributed by atoms with van der Waals surface area (Å²) in [6.45, 7) is 6.39. The second-order valence-electron chi connectivity index (χ2n) is 4.61. The largest absolute Gasteiger partial charge is 0.295 e. The highest BCUT2D eigenvalue weighted by Gasteiger charge is 2.14. The number of benzene rings is 1. The smallest absolute Gasteiger partial charge is 0.0580 e. The quantitative estimate of drug-likeness (QED) is 0.748. The minimum atomic E-state index is -2.57. The molecule has 3 heteroatoms. The van der Waals surface area contributed by atoms with Gasteiger partial charge in [-0.15, -0.1) is 0 Å². The van der Waals surface area contributed by atoms with E-state index < -0.39 is 10.6 Å². The van der Waals surface area contributed by atoms with Gasteiger partial charge in [0.2, 0.25) is 0 Å². The Morgan fingerprint density at radius 1 is 1.00 bits per heavy atom. The highest BCUT2D eigenvalue weighted by molar-refractivity contribution is 8.23. The Hall–Kier alpha value is -0.510. The van der Waals surface area contributed by atoms with Crippen LogP contribution >= 0.6 is 10.6 Å². The van der Waals surface area contributed by atoms with E-state index in [4.69, 9.17) is 0 Å². The molecule has 0 saturated carbocycles.